The lowest BCUT2D eigenvalue weighted by molar-refractivity contribution is 0.0405. The number of nitrogens with zero attached hydrogens (tertiary/aromatic N) is 5. The van der Waals surface area contributed by atoms with Crippen molar-refractivity contribution in [2.45, 2.75) is 26.1 Å². The summed E-state index contributed by atoms with van der Waals surface area (Å²) in [6, 6.07) is 25.1. The summed E-state index contributed by atoms with van der Waals surface area (Å²) < 4.78 is 10.3. The van der Waals surface area contributed by atoms with Gasteiger partial charge in [0.1, 0.15) is 12.1 Å². The third kappa shape index (κ3) is 5.56. The molecule has 1 fully saturated rings. The molecule has 0 spiro atoms. The van der Waals surface area contributed by atoms with Gasteiger partial charge in [-0.05, 0) is 35.9 Å². The minimum atomic E-state index is -0.186. The van der Waals surface area contributed by atoms with Crippen molar-refractivity contribution in [3.63, 3.8) is 0 Å². The summed E-state index contributed by atoms with van der Waals surface area (Å²) in [5.74, 6) is 0.987. The highest BCUT2D eigenvalue weighted by atomic mass is 16.5. The highest BCUT2D eigenvalue weighted by Gasteiger charge is 2.26. The summed E-state index contributed by atoms with van der Waals surface area (Å²) in [6.45, 7) is 5.82. The van der Waals surface area contributed by atoms with Gasteiger partial charge < -0.3 is 23.7 Å². The molecule has 5 aromatic rings. The minimum absolute atomic E-state index is 0.0864. The maximum Gasteiger partial charge on any atom is 0.256 e. The Labute approximate surface area is 241 Å². The molecule has 0 radical (unpaired) electrons. The summed E-state index contributed by atoms with van der Waals surface area (Å²) in [5.41, 5.74) is 5.01. The Hall–Kier alpha value is -4.20. The maximum atomic E-state index is 14.0. The predicted octanol–water partition coefficient (Wildman–Crippen LogP) is 5.64. The molecule has 0 N–H and O–H groups in total. The van der Waals surface area contributed by atoms with Gasteiger partial charge >= 0.3 is 0 Å². The van der Waals surface area contributed by atoms with Crippen LogP contribution in [-0.2, 0) is 17.7 Å². The standard InChI is InChI=1S/C34H37N5O2/c1-25-35-21-28(39(25)33(41-3)20-26-10-5-4-6-11-26)22-37-23-31(30-15-9-13-27-12-7-8-14-29(27)30)32(24-37)34(40)38-18-16-36(2)17-19-38/h4-15,21,23-24,33H,16-20,22H2,1-3H3. The molecule has 7 heteroatoms. The van der Waals surface area contributed by atoms with Crippen molar-refractivity contribution in [2.75, 3.05) is 40.3 Å². The number of fused-ring (bicyclic) bond motifs is 1. The highest BCUT2D eigenvalue weighted by molar-refractivity contribution is 6.06. The molecule has 2 aromatic heterocycles. The van der Waals surface area contributed by atoms with Crippen molar-refractivity contribution >= 4 is 16.7 Å². The van der Waals surface area contributed by atoms with Crippen molar-refractivity contribution in [1.82, 2.24) is 23.9 Å². The second-order valence-corrected chi connectivity index (χ2v) is 10.9. The highest BCUT2D eigenvalue weighted by Crippen LogP contribution is 2.33. The number of hydrogen-bond acceptors (Lipinski definition) is 4. The minimum Gasteiger partial charge on any atom is -0.361 e. The number of amides is 1. The Morgan fingerprint density at radius 2 is 1.63 bits per heavy atom. The number of hydrogen-bond donors (Lipinski definition) is 0. The molecule has 3 heterocycles. The second-order valence-electron chi connectivity index (χ2n) is 10.9. The zero-order chi connectivity index (χ0) is 28.3. The SMILES string of the molecule is COC(Cc1ccccc1)n1c(Cn2cc(C(=O)N3CCN(C)CC3)c(-c3cccc4ccccc34)c2)cnc1C. The van der Waals surface area contributed by atoms with Gasteiger partial charge in [-0.2, -0.15) is 0 Å². The van der Waals surface area contributed by atoms with Gasteiger partial charge in [0.15, 0.2) is 0 Å². The van der Waals surface area contributed by atoms with Crippen LogP contribution in [0.1, 0.15) is 33.7 Å². The lowest BCUT2D eigenvalue weighted by Gasteiger charge is -2.32. The van der Waals surface area contributed by atoms with Gasteiger partial charge in [-0.1, -0.05) is 72.8 Å². The quantitative estimate of drug-likeness (QED) is 0.252. The van der Waals surface area contributed by atoms with E-state index < -0.39 is 0 Å². The van der Waals surface area contributed by atoms with E-state index in [2.05, 4.69) is 99.0 Å². The molecule has 41 heavy (non-hydrogen) atoms. The normalized spacial score (nSPS) is 15.0. The van der Waals surface area contributed by atoms with Crippen LogP contribution in [0.2, 0.25) is 0 Å². The molecule has 210 valence electrons. The van der Waals surface area contributed by atoms with Crippen LogP contribution in [0.3, 0.4) is 0 Å². The zero-order valence-corrected chi connectivity index (χ0v) is 24.0. The fourth-order valence-electron chi connectivity index (χ4n) is 5.92. The van der Waals surface area contributed by atoms with Crippen LogP contribution in [0.5, 0.6) is 0 Å². The lowest BCUT2D eigenvalue weighted by atomic mass is 9.97. The van der Waals surface area contributed by atoms with E-state index in [0.717, 1.165) is 71.6 Å². The molecule has 7 nitrogen and oxygen atoms in total. The number of rotatable bonds is 8. The number of aromatic nitrogens is 3. The van der Waals surface area contributed by atoms with Crippen LogP contribution in [-0.4, -0.2) is 70.2 Å². The van der Waals surface area contributed by atoms with E-state index in [9.17, 15) is 4.79 Å². The van der Waals surface area contributed by atoms with Gasteiger partial charge in [-0.3, -0.25) is 4.79 Å². The smallest absolute Gasteiger partial charge is 0.256 e. The number of piperazine rings is 1. The molecule has 1 aliphatic rings. The monoisotopic (exact) mass is 547 g/mol. The number of benzene rings is 3. The molecular weight excluding hydrogens is 510 g/mol. The number of carbonyl (C=O) groups is 1. The average molecular weight is 548 g/mol. The summed E-state index contributed by atoms with van der Waals surface area (Å²) >= 11 is 0. The molecule has 0 saturated carbocycles. The van der Waals surface area contributed by atoms with Crippen molar-refractivity contribution in [2.24, 2.45) is 0 Å². The van der Waals surface area contributed by atoms with Crippen molar-refractivity contribution in [3.8, 4) is 11.1 Å². The molecule has 3 aromatic carbocycles. The Kier molecular flexibility index (Phi) is 7.72. The van der Waals surface area contributed by atoms with E-state index in [0.29, 0.717) is 6.54 Å². The molecule has 1 amide bonds. The van der Waals surface area contributed by atoms with Crippen LogP contribution in [0.25, 0.3) is 21.9 Å². The number of likely N-dealkylation sites (N-methyl/N-ethyl adjacent to an activating group) is 1. The fraction of sp³-hybridized carbons (Fsp3) is 0.294. The van der Waals surface area contributed by atoms with Crippen LogP contribution >= 0.6 is 0 Å². The van der Waals surface area contributed by atoms with E-state index in [1.54, 1.807) is 7.11 Å². The van der Waals surface area contributed by atoms with Crippen LogP contribution in [0, 0.1) is 6.92 Å². The molecular formula is C34H37N5O2. The van der Waals surface area contributed by atoms with Crippen molar-refractivity contribution in [3.05, 3.63) is 114 Å². The number of aryl methyl sites for hydroxylation is 1. The van der Waals surface area contributed by atoms with Gasteiger partial charge in [-0.15, -0.1) is 0 Å². The van der Waals surface area contributed by atoms with Gasteiger partial charge in [0.05, 0.1) is 24.0 Å². The number of methoxy groups -OCH3 is 1. The molecule has 6 rings (SSSR count). The first-order valence-corrected chi connectivity index (χ1v) is 14.3. The fourth-order valence-corrected chi connectivity index (χ4v) is 5.92. The summed E-state index contributed by atoms with van der Waals surface area (Å²) in [5, 5.41) is 2.30. The van der Waals surface area contributed by atoms with E-state index in [-0.39, 0.29) is 12.1 Å². The van der Waals surface area contributed by atoms with E-state index in [1.165, 1.54) is 5.56 Å². The summed E-state index contributed by atoms with van der Waals surface area (Å²) in [7, 11) is 3.86. The summed E-state index contributed by atoms with van der Waals surface area (Å²) in [4.78, 5) is 22.9. The van der Waals surface area contributed by atoms with Gasteiger partial charge in [-0.25, -0.2) is 4.98 Å². The Morgan fingerprint density at radius 3 is 2.41 bits per heavy atom. The van der Waals surface area contributed by atoms with E-state index in [1.807, 2.05) is 30.3 Å². The molecule has 1 atom stereocenters. The van der Waals surface area contributed by atoms with Crippen LogP contribution < -0.4 is 0 Å². The zero-order valence-electron chi connectivity index (χ0n) is 24.0. The molecule has 1 unspecified atom stereocenters. The predicted molar refractivity (Wildman–Crippen MR) is 163 cm³/mol. The van der Waals surface area contributed by atoms with Crippen molar-refractivity contribution < 1.29 is 9.53 Å². The first-order valence-electron chi connectivity index (χ1n) is 14.3. The van der Waals surface area contributed by atoms with E-state index in [4.69, 9.17) is 4.74 Å². The van der Waals surface area contributed by atoms with Gasteiger partial charge in [0.2, 0.25) is 0 Å². The Bertz CT molecular complexity index is 1640. The third-order valence-electron chi connectivity index (χ3n) is 8.20. The molecule has 0 aliphatic carbocycles. The first-order chi connectivity index (χ1) is 20.0. The largest absolute Gasteiger partial charge is 0.361 e. The first kappa shape index (κ1) is 27.0. The maximum absolute atomic E-state index is 14.0. The lowest BCUT2D eigenvalue weighted by Crippen LogP contribution is -2.47. The number of carbonyl (C=O) groups excluding carboxylic acids is 1. The van der Waals surface area contributed by atoms with Crippen molar-refractivity contribution in [1.29, 1.82) is 0 Å². The Morgan fingerprint density at radius 1 is 0.902 bits per heavy atom. The van der Waals surface area contributed by atoms with Crippen LogP contribution in [0.4, 0.5) is 0 Å². The third-order valence-corrected chi connectivity index (χ3v) is 8.20. The number of ether oxygens (including phenoxy) is 1. The van der Waals surface area contributed by atoms with Gasteiger partial charge in [0.25, 0.3) is 5.91 Å². The molecule has 1 aliphatic heterocycles. The average Bonchev–Trinajstić information content (AvgIpc) is 3.59. The topological polar surface area (TPSA) is 55.5 Å². The molecule has 0 bridgehead atoms. The molecule has 1 saturated heterocycles. The van der Waals surface area contributed by atoms with Gasteiger partial charge in [0, 0.05) is 57.7 Å². The Balaban J connectivity index is 1.38. The van der Waals surface area contributed by atoms with E-state index >= 15 is 0 Å². The number of imidazole rings is 1. The van der Waals surface area contributed by atoms with Crippen LogP contribution in [0.15, 0.2) is 91.4 Å². The second kappa shape index (κ2) is 11.7. The summed E-state index contributed by atoms with van der Waals surface area (Å²) in [6.07, 6.45) is 6.61.